The van der Waals surface area contributed by atoms with Crippen molar-refractivity contribution in [1.29, 1.82) is 5.26 Å². The van der Waals surface area contributed by atoms with E-state index in [-0.39, 0.29) is 10.7 Å². The summed E-state index contributed by atoms with van der Waals surface area (Å²) in [5.74, 6) is 0. The van der Waals surface area contributed by atoms with Crippen molar-refractivity contribution < 1.29 is 9.18 Å². The van der Waals surface area contributed by atoms with Crippen molar-refractivity contribution >= 4 is 12.0 Å². The monoisotopic (exact) mass is 143 g/mol. The van der Waals surface area contributed by atoms with Crippen molar-refractivity contribution in [3.05, 3.63) is 5.69 Å². The number of nitrogens with zero attached hydrogens (tertiary/aromatic N) is 3. The van der Waals surface area contributed by atoms with E-state index in [9.17, 15) is 0 Å². The average Bonchev–Trinajstić information content (AvgIpc) is 2.33. The molecule has 0 saturated heterocycles. The molecule has 0 fully saturated rings. The molecular formula is C3HN3O2S. The molecule has 1 rings (SSSR count). The Morgan fingerprint density at radius 3 is 2.89 bits per heavy atom. The predicted molar refractivity (Wildman–Crippen MR) is 27.5 cm³/mol. The number of aromatic nitrogens is 2. The lowest BCUT2D eigenvalue weighted by Gasteiger charge is -1.76. The minimum atomic E-state index is 0.00231. The van der Waals surface area contributed by atoms with Crippen LogP contribution in [0.25, 0.3) is 0 Å². The molecule has 0 radical (unpaired) electrons. The largest absolute Gasteiger partial charge is 0.324 e. The van der Waals surface area contributed by atoms with Gasteiger partial charge >= 0.3 is 0 Å². The Balaban J connectivity index is 3.02. The summed E-state index contributed by atoms with van der Waals surface area (Å²) < 4.78 is 12.5. The molecule has 1 aromatic heterocycles. The molecule has 0 aliphatic heterocycles. The van der Waals surface area contributed by atoms with E-state index in [4.69, 9.17) is 9.81 Å². The van der Waals surface area contributed by atoms with Crippen LogP contribution in [-0.2, 0) is 0 Å². The van der Waals surface area contributed by atoms with Crippen LogP contribution in [0, 0.1) is 11.3 Å². The van der Waals surface area contributed by atoms with E-state index < -0.39 is 0 Å². The first-order chi connectivity index (χ1) is 4.38. The van der Waals surface area contributed by atoms with Crippen molar-refractivity contribution in [2.75, 3.05) is 0 Å². The molecular weight excluding hydrogens is 142 g/mol. The molecule has 1 heterocycles. The van der Waals surface area contributed by atoms with Gasteiger partial charge in [-0.1, -0.05) is 0 Å². The topological polar surface area (TPSA) is 82.9 Å². The molecule has 1 N–H and O–H groups in total. The van der Waals surface area contributed by atoms with Crippen LogP contribution in [-0.4, -0.2) is 14.9 Å². The van der Waals surface area contributed by atoms with Gasteiger partial charge in [0.25, 0.3) is 0 Å². The highest BCUT2D eigenvalue weighted by Gasteiger charge is 2.07. The summed E-state index contributed by atoms with van der Waals surface area (Å²) in [6, 6.07) is 1.68. The van der Waals surface area contributed by atoms with Crippen molar-refractivity contribution in [3.63, 3.8) is 0 Å². The molecule has 46 valence electrons. The second kappa shape index (κ2) is 2.48. The molecule has 0 aromatic carbocycles. The molecule has 1 aromatic rings. The second-order valence-electron chi connectivity index (χ2n) is 1.12. The zero-order valence-electron chi connectivity index (χ0n) is 4.11. The highest BCUT2D eigenvalue weighted by Crippen LogP contribution is 2.12. The van der Waals surface area contributed by atoms with Gasteiger partial charge in [0, 0.05) is 0 Å². The maximum atomic E-state index is 8.34. The fourth-order valence-corrected chi connectivity index (χ4v) is 0.545. The molecule has 0 aliphatic carbocycles. The molecule has 5 nitrogen and oxygen atoms in total. The Labute approximate surface area is 54.5 Å². The summed E-state index contributed by atoms with van der Waals surface area (Å²) in [5.41, 5.74) is 0.00231. The first-order valence-electron chi connectivity index (χ1n) is 1.92. The first-order valence-corrected chi connectivity index (χ1v) is 2.70. The summed E-state index contributed by atoms with van der Waals surface area (Å²) in [4.78, 5) is 0. The Bertz CT molecular complexity index is 239. The highest BCUT2D eigenvalue weighted by atomic mass is 32.2. The number of rotatable bonds is 1. The van der Waals surface area contributed by atoms with Crippen molar-refractivity contribution in [2.45, 2.75) is 5.03 Å². The van der Waals surface area contributed by atoms with Crippen LogP contribution in [0.4, 0.5) is 0 Å². The zero-order valence-corrected chi connectivity index (χ0v) is 4.92. The Morgan fingerprint density at radius 1 is 1.67 bits per heavy atom. The van der Waals surface area contributed by atoms with Crippen LogP contribution in [0.15, 0.2) is 9.65 Å². The van der Waals surface area contributed by atoms with Gasteiger partial charge in [-0.25, -0.2) is 4.63 Å². The minimum absolute atomic E-state index is 0.00231. The smallest absolute Gasteiger partial charge is 0.220 e. The van der Waals surface area contributed by atoms with E-state index in [1.165, 1.54) is 0 Å². The van der Waals surface area contributed by atoms with Crippen LogP contribution in [0.1, 0.15) is 5.69 Å². The van der Waals surface area contributed by atoms with Gasteiger partial charge in [-0.15, -0.1) is 0 Å². The Morgan fingerprint density at radius 2 is 2.44 bits per heavy atom. The van der Waals surface area contributed by atoms with Crippen LogP contribution < -0.4 is 0 Å². The number of hydrogen-bond acceptors (Lipinski definition) is 6. The summed E-state index contributed by atoms with van der Waals surface area (Å²) in [6.45, 7) is 0. The Hall–Kier alpha value is -1.06. The molecule has 9 heavy (non-hydrogen) atoms. The van der Waals surface area contributed by atoms with Crippen LogP contribution in [0.2, 0.25) is 0 Å². The van der Waals surface area contributed by atoms with E-state index in [0.717, 1.165) is 0 Å². The van der Waals surface area contributed by atoms with Gasteiger partial charge in [-0.2, -0.15) is 5.26 Å². The van der Waals surface area contributed by atoms with Crippen LogP contribution in [0.3, 0.4) is 0 Å². The predicted octanol–water partition coefficient (Wildman–Crippen LogP) is 0.506. The lowest BCUT2D eigenvalue weighted by molar-refractivity contribution is 0.297. The lowest BCUT2D eigenvalue weighted by Crippen LogP contribution is -1.74. The van der Waals surface area contributed by atoms with E-state index in [1.54, 1.807) is 6.07 Å². The summed E-state index contributed by atoms with van der Waals surface area (Å²) in [7, 11) is 0. The Kier molecular flexibility index (Phi) is 1.67. The number of hydrogen-bond donors (Lipinski definition) is 1. The van der Waals surface area contributed by atoms with Gasteiger partial charge in [0.15, 0.2) is 0 Å². The standard InChI is InChI=1S/C3HN3O2S/c4-1-2-3(9-7)6-8-5-2/h7H. The molecule has 0 bridgehead atoms. The molecule has 0 saturated carbocycles. The maximum Gasteiger partial charge on any atom is 0.220 e. The van der Waals surface area contributed by atoms with Gasteiger partial charge < -0.3 is 4.55 Å². The van der Waals surface area contributed by atoms with E-state index >= 15 is 0 Å². The molecule has 0 amide bonds. The minimum Gasteiger partial charge on any atom is -0.324 e. The van der Waals surface area contributed by atoms with Gasteiger partial charge in [0.05, 0.1) is 12.0 Å². The summed E-state index contributed by atoms with van der Waals surface area (Å²) in [5, 5.41) is 14.7. The fourth-order valence-electron chi connectivity index (χ4n) is 0.309. The van der Waals surface area contributed by atoms with Crippen molar-refractivity contribution in [2.24, 2.45) is 0 Å². The second-order valence-corrected chi connectivity index (χ2v) is 1.69. The molecule has 6 heteroatoms. The van der Waals surface area contributed by atoms with Gasteiger partial charge in [0.2, 0.25) is 10.7 Å². The third-order valence-electron chi connectivity index (χ3n) is 0.651. The fraction of sp³-hybridized carbons (Fsp3) is 0. The maximum absolute atomic E-state index is 8.34. The van der Waals surface area contributed by atoms with Crippen LogP contribution in [0.5, 0.6) is 0 Å². The third-order valence-corrected chi connectivity index (χ3v) is 1.09. The SMILES string of the molecule is N#Cc1nonc1SO. The molecule has 0 spiro atoms. The summed E-state index contributed by atoms with van der Waals surface area (Å²) in [6.07, 6.45) is 0. The third kappa shape index (κ3) is 1.01. The quantitative estimate of drug-likeness (QED) is 0.576. The highest BCUT2D eigenvalue weighted by molar-refractivity contribution is 7.93. The lowest BCUT2D eigenvalue weighted by atomic mass is 10.5. The molecule has 0 aliphatic rings. The van der Waals surface area contributed by atoms with Gasteiger partial charge in [0.1, 0.15) is 6.07 Å². The average molecular weight is 143 g/mol. The zero-order chi connectivity index (χ0) is 6.69. The van der Waals surface area contributed by atoms with Crippen molar-refractivity contribution in [1.82, 2.24) is 10.3 Å². The summed E-state index contributed by atoms with van der Waals surface area (Å²) >= 11 is 0.337. The molecule has 0 unspecified atom stereocenters. The van der Waals surface area contributed by atoms with E-state index in [0.29, 0.717) is 12.0 Å². The first kappa shape index (κ1) is 6.07. The molecule has 0 atom stereocenters. The van der Waals surface area contributed by atoms with Gasteiger partial charge in [-0.05, 0) is 10.3 Å². The van der Waals surface area contributed by atoms with E-state index in [1.807, 2.05) is 0 Å². The van der Waals surface area contributed by atoms with Crippen molar-refractivity contribution in [3.8, 4) is 6.07 Å². The van der Waals surface area contributed by atoms with E-state index in [2.05, 4.69) is 14.9 Å². The van der Waals surface area contributed by atoms with Crippen LogP contribution >= 0.6 is 12.0 Å². The van der Waals surface area contributed by atoms with Gasteiger partial charge in [-0.3, -0.25) is 0 Å². The number of nitriles is 1. The normalized spacial score (nSPS) is 8.89.